The normalized spacial score (nSPS) is 9.89. The number of carbonyl (C=O) groups excluding carboxylic acids is 1. The number of rotatable bonds is 7. The summed E-state index contributed by atoms with van der Waals surface area (Å²) in [7, 11) is 1.35. The first-order chi connectivity index (χ1) is 8.69. The van der Waals surface area contributed by atoms with Crippen molar-refractivity contribution in [3.63, 3.8) is 0 Å². The number of ether oxygens (including phenoxy) is 2. The Labute approximate surface area is 106 Å². The predicted octanol–water partition coefficient (Wildman–Crippen LogP) is 0.823. The molecule has 0 amide bonds. The van der Waals surface area contributed by atoms with Crippen molar-refractivity contribution in [1.82, 2.24) is 9.97 Å². The van der Waals surface area contributed by atoms with Crippen molar-refractivity contribution < 1.29 is 14.3 Å². The Morgan fingerprint density at radius 2 is 2.28 bits per heavy atom. The Morgan fingerprint density at radius 3 is 2.94 bits per heavy atom. The molecule has 0 spiro atoms. The van der Waals surface area contributed by atoms with Gasteiger partial charge in [-0.05, 0) is 6.42 Å². The number of nitrogens with one attached hydrogen (secondary N) is 1. The first-order valence-corrected chi connectivity index (χ1v) is 5.73. The third-order valence-corrected chi connectivity index (χ3v) is 2.14. The number of aromatic nitrogens is 2. The van der Waals surface area contributed by atoms with E-state index in [-0.39, 0.29) is 12.4 Å². The third kappa shape index (κ3) is 4.08. The summed E-state index contributed by atoms with van der Waals surface area (Å²) in [5.74, 6) is 0.519. The van der Waals surface area contributed by atoms with E-state index in [9.17, 15) is 4.79 Å². The summed E-state index contributed by atoms with van der Waals surface area (Å²) in [4.78, 5) is 18.9. The van der Waals surface area contributed by atoms with Crippen LogP contribution in [-0.4, -0.2) is 36.2 Å². The molecule has 0 atom stereocenters. The van der Waals surface area contributed by atoms with Gasteiger partial charge in [-0.3, -0.25) is 4.79 Å². The van der Waals surface area contributed by atoms with Gasteiger partial charge in [0.2, 0.25) is 5.88 Å². The van der Waals surface area contributed by atoms with Crippen molar-refractivity contribution in [3.05, 3.63) is 6.33 Å². The lowest BCUT2D eigenvalue weighted by Gasteiger charge is -2.10. The van der Waals surface area contributed by atoms with Gasteiger partial charge in [-0.2, -0.15) is 4.98 Å². The van der Waals surface area contributed by atoms with Crippen LogP contribution in [0.4, 0.5) is 11.5 Å². The fourth-order valence-electron chi connectivity index (χ4n) is 1.22. The van der Waals surface area contributed by atoms with Crippen LogP contribution in [0.2, 0.25) is 0 Å². The molecule has 1 rings (SSSR count). The van der Waals surface area contributed by atoms with Crippen LogP contribution >= 0.6 is 0 Å². The van der Waals surface area contributed by atoms with E-state index in [2.05, 4.69) is 20.0 Å². The molecule has 1 aromatic heterocycles. The van der Waals surface area contributed by atoms with Crippen LogP contribution in [0.25, 0.3) is 0 Å². The Kier molecular flexibility index (Phi) is 5.69. The van der Waals surface area contributed by atoms with E-state index in [1.54, 1.807) is 0 Å². The molecule has 0 saturated heterocycles. The molecule has 0 radical (unpaired) electrons. The minimum Gasteiger partial charge on any atom is -0.476 e. The largest absolute Gasteiger partial charge is 0.476 e. The first-order valence-electron chi connectivity index (χ1n) is 5.73. The van der Waals surface area contributed by atoms with Gasteiger partial charge < -0.3 is 20.5 Å². The fourth-order valence-corrected chi connectivity index (χ4v) is 1.22. The molecule has 0 aliphatic rings. The number of nitrogens with two attached hydrogens (primary N) is 1. The van der Waals surface area contributed by atoms with E-state index in [1.165, 1.54) is 13.4 Å². The standard InChI is InChI=1S/C11H18N4O3/c1-3-6-18-11-9(12)10(14-7-15-11)13-5-4-8(16)17-2/h7H,3-6,12H2,1-2H3,(H,13,14,15). The fraction of sp³-hybridized carbons (Fsp3) is 0.545. The maximum Gasteiger partial charge on any atom is 0.307 e. The molecule has 1 aromatic rings. The number of carbonyl (C=O) groups is 1. The summed E-state index contributed by atoms with van der Waals surface area (Å²) >= 11 is 0. The molecule has 0 aliphatic carbocycles. The molecular formula is C11H18N4O3. The van der Waals surface area contributed by atoms with Gasteiger partial charge in [0, 0.05) is 6.54 Å². The quantitative estimate of drug-likeness (QED) is 0.695. The number of nitrogens with zero attached hydrogens (tertiary/aromatic N) is 2. The summed E-state index contributed by atoms with van der Waals surface area (Å²) in [6.45, 7) is 2.93. The minimum absolute atomic E-state index is 0.241. The van der Waals surface area contributed by atoms with Crippen molar-refractivity contribution >= 4 is 17.5 Å². The smallest absolute Gasteiger partial charge is 0.307 e. The van der Waals surface area contributed by atoms with Crippen molar-refractivity contribution in [2.45, 2.75) is 19.8 Å². The van der Waals surface area contributed by atoms with Gasteiger partial charge in [-0.25, -0.2) is 4.98 Å². The summed E-state index contributed by atoms with van der Waals surface area (Å²) in [5.41, 5.74) is 6.19. The molecule has 3 N–H and O–H groups in total. The second-order valence-corrected chi connectivity index (χ2v) is 3.54. The highest BCUT2D eigenvalue weighted by atomic mass is 16.5. The van der Waals surface area contributed by atoms with E-state index in [4.69, 9.17) is 10.5 Å². The number of hydrogen-bond acceptors (Lipinski definition) is 7. The summed E-state index contributed by atoms with van der Waals surface area (Å²) in [6, 6.07) is 0. The Hall–Kier alpha value is -2.05. The molecule has 0 unspecified atom stereocenters. The maximum atomic E-state index is 10.9. The monoisotopic (exact) mass is 254 g/mol. The van der Waals surface area contributed by atoms with Crippen molar-refractivity contribution in [3.8, 4) is 5.88 Å². The number of methoxy groups -OCH3 is 1. The lowest BCUT2D eigenvalue weighted by Crippen LogP contribution is -2.13. The van der Waals surface area contributed by atoms with E-state index < -0.39 is 0 Å². The van der Waals surface area contributed by atoms with Crippen LogP contribution in [-0.2, 0) is 9.53 Å². The topological polar surface area (TPSA) is 99.4 Å². The number of hydrogen-bond donors (Lipinski definition) is 2. The summed E-state index contributed by atoms with van der Waals surface area (Å²) in [5, 5.41) is 2.94. The summed E-state index contributed by atoms with van der Waals surface area (Å²) in [6.07, 6.45) is 2.47. The number of esters is 1. The van der Waals surface area contributed by atoms with Gasteiger partial charge in [0.1, 0.15) is 12.0 Å². The number of nitrogen functional groups attached to an aromatic ring is 1. The Balaban J connectivity index is 2.57. The lowest BCUT2D eigenvalue weighted by atomic mass is 10.4. The van der Waals surface area contributed by atoms with E-state index >= 15 is 0 Å². The highest BCUT2D eigenvalue weighted by Crippen LogP contribution is 2.24. The predicted molar refractivity (Wildman–Crippen MR) is 67.4 cm³/mol. The van der Waals surface area contributed by atoms with E-state index in [0.29, 0.717) is 30.5 Å². The van der Waals surface area contributed by atoms with Gasteiger partial charge in [-0.1, -0.05) is 6.92 Å². The molecule has 7 nitrogen and oxygen atoms in total. The Morgan fingerprint density at radius 1 is 1.50 bits per heavy atom. The molecule has 18 heavy (non-hydrogen) atoms. The van der Waals surface area contributed by atoms with Gasteiger partial charge in [0.15, 0.2) is 5.82 Å². The molecule has 0 bridgehead atoms. The molecule has 0 saturated carbocycles. The lowest BCUT2D eigenvalue weighted by molar-refractivity contribution is -0.140. The zero-order valence-corrected chi connectivity index (χ0v) is 10.6. The average molecular weight is 254 g/mol. The second kappa shape index (κ2) is 7.31. The molecule has 0 aromatic carbocycles. The molecule has 7 heteroatoms. The van der Waals surface area contributed by atoms with Crippen LogP contribution in [0.3, 0.4) is 0 Å². The first kappa shape index (κ1) is 14.0. The molecule has 0 aliphatic heterocycles. The average Bonchev–Trinajstić information content (AvgIpc) is 2.39. The minimum atomic E-state index is -0.294. The molecule has 1 heterocycles. The van der Waals surface area contributed by atoms with Crippen molar-refractivity contribution in [2.24, 2.45) is 0 Å². The molecular weight excluding hydrogens is 236 g/mol. The van der Waals surface area contributed by atoms with Crippen LogP contribution in [0.15, 0.2) is 6.33 Å². The molecule has 100 valence electrons. The van der Waals surface area contributed by atoms with Crippen LogP contribution in [0.5, 0.6) is 5.88 Å². The maximum absolute atomic E-state index is 10.9. The second-order valence-electron chi connectivity index (χ2n) is 3.54. The van der Waals surface area contributed by atoms with Gasteiger partial charge >= 0.3 is 5.97 Å². The van der Waals surface area contributed by atoms with Gasteiger partial charge in [-0.15, -0.1) is 0 Å². The Bertz CT molecular complexity index is 398. The van der Waals surface area contributed by atoms with Crippen LogP contribution in [0.1, 0.15) is 19.8 Å². The van der Waals surface area contributed by atoms with Gasteiger partial charge in [0.25, 0.3) is 0 Å². The zero-order chi connectivity index (χ0) is 13.4. The SMILES string of the molecule is CCCOc1ncnc(NCCC(=O)OC)c1N. The van der Waals surface area contributed by atoms with Crippen molar-refractivity contribution in [1.29, 1.82) is 0 Å². The third-order valence-electron chi connectivity index (χ3n) is 2.14. The highest BCUT2D eigenvalue weighted by molar-refractivity contribution is 5.71. The zero-order valence-electron chi connectivity index (χ0n) is 10.6. The van der Waals surface area contributed by atoms with E-state index in [0.717, 1.165) is 6.42 Å². The van der Waals surface area contributed by atoms with Gasteiger partial charge in [0.05, 0.1) is 20.1 Å². The number of anilines is 2. The van der Waals surface area contributed by atoms with Crippen LogP contribution in [0, 0.1) is 0 Å². The highest BCUT2D eigenvalue weighted by Gasteiger charge is 2.09. The summed E-state index contributed by atoms with van der Waals surface area (Å²) < 4.78 is 9.90. The van der Waals surface area contributed by atoms with Crippen molar-refractivity contribution in [2.75, 3.05) is 31.3 Å². The van der Waals surface area contributed by atoms with Crippen LogP contribution < -0.4 is 15.8 Å². The molecule has 0 fully saturated rings. The van der Waals surface area contributed by atoms with E-state index in [1.807, 2.05) is 6.92 Å².